The van der Waals surface area contributed by atoms with Gasteiger partial charge in [-0.25, -0.2) is 0 Å². The van der Waals surface area contributed by atoms with Crippen LogP contribution in [0, 0.1) is 6.92 Å². The third-order valence-corrected chi connectivity index (χ3v) is 5.74. The van der Waals surface area contributed by atoms with Gasteiger partial charge in [-0.15, -0.1) is 0 Å². The van der Waals surface area contributed by atoms with E-state index >= 15 is 0 Å². The van der Waals surface area contributed by atoms with Crippen LogP contribution in [0.25, 0.3) is 0 Å². The van der Waals surface area contributed by atoms with Crippen LogP contribution in [0.2, 0.25) is 19.6 Å². The van der Waals surface area contributed by atoms with Crippen LogP contribution in [-0.2, 0) is 19.3 Å². The van der Waals surface area contributed by atoms with E-state index in [1.54, 1.807) is 30.3 Å². The fraction of sp³-hybridized carbons (Fsp3) is 0.316. The molecule has 0 amide bonds. The molecule has 0 N–H and O–H groups in total. The van der Waals surface area contributed by atoms with Gasteiger partial charge in [-0.05, 0) is 51.7 Å². The largest absolute Gasteiger partial charge is 0.404 e. The highest BCUT2D eigenvalue weighted by molar-refractivity contribution is 7.87. The van der Waals surface area contributed by atoms with Gasteiger partial charge in [0.15, 0.2) is 14.1 Å². The fourth-order valence-electron chi connectivity index (χ4n) is 2.36. The number of para-hydroxylation sites is 1. The Morgan fingerprint density at radius 1 is 1.00 bits per heavy atom. The standard InChI is InChI=1S/C19H24O5SSi/c1-14-10-12-16(13-11-14)25(21,22)23-18-9-7-6-8-17(18)19(15(2)20)24-26(3,4)5/h6-13,19H,1-5H3. The Hall–Kier alpha value is -1.96. The number of carbonyl (C=O) groups is 1. The van der Waals surface area contributed by atoms with Crippen molar-refractivity contribution in [3.63, 3.8) is 0 Å². The number of benzene rings is 2. The van der Waals surface area contributed by atoms with E-state index in [4.69, 9.17) is 8.61 Å². The minimum Gasteiger partial charge on any atom is -0.404 e. The minimum absolute atomic E-state index is 0.0587. The molecule has 1 atom stereocenters. The Balaban J connectivity index is 2.42. The van der Waals surface area contributed by atoms with Crippen molar-refractivity contribution in [3.05, 3.63) is 59.7 Å². The molecule has 0 saturated carbocycles. The van der Waals surface area contributed by atoms with Crippen molar-refractivity contribution in [2.24, 2.45) is 0 Å². The van der Waals surface area contributed by atoms with Crippen molar-refractivity contribution >= 4 is 24.2 Å². The number of Topliss-reactive ketones (excluding diaryl/α,β-unsaturated/α-hetero) is 1. The second-order valence-corrected chi connectivity index (χ2v) is 13.1. The van der Waals surface area contributed by atoms with Crippen LogP contribution in [0.3, 0.4) is 0 Å². The Kier molecular flexibility index (Phi) is 6.05. The lowest BCUT2D eigenvalue weighted by atomic mass is 10.1. The highest BCUT2D eigenvalue weighted by atomic mass is 32.2. The molecule has 0 aliphatic rings. The fourth-order valence-corrected chi connectivity index (χ4v) is 4.32. The summed E-state index contributed by atoms with van der Waals surface area (Å²) >= 11 is 0. The zero-order valence-electron chi connectivity index (χ0n) is 15.6. The summed E-state index contributed by atoms with van der Waals surface area (Å²) in [5, 5.41) is 0. The molecule has 1 unspecified atom stereocenters. The first-order valence-corrected chi connectivity index (χ1v) is 13.1. The summed E-state index contributed by atoms with van der Waals surface area (Å²) in [5.74, 6) is -0.0947. The number of rotatable bonds is 7. The van der Waals surface area contributed by atoms with Crippen LogP contribution in [0.15, 0.2) is 53.4 Å². The zero-order chi connectivity index (χ0) is 19.5. The molecular formula is C19H24O5SSi. The van der Waals surface area contributed by atoms with Gasteiger partial charge in [-0.2, -0.15) is 8.42 Å². The maximum absolute atomic E-state index is 12.6. The van der Waals surface area contributed by atoms with E-state index in [1.807, 2.05) is 26.6 Å². The molecule has 26 heavy (non-hydrogen) atoms. The highest BCUT2D eigenvalue weighted by Gasteiger charge is 2.29. The normalized spacial score (nSPS) is 13.3. The Morgan fingerprint density at radius 3 is 2.12 bits per heavy atom. The van der Waals surface area contributed by atoms with Crippen molar-refractivity contribution < 1.29 is 21.8 Å². The summed E-state index contributed by atoms with van der Waals surface area (Å²) in [6, 6.07) is 13.0. The van der Waals surface area contributed by atoms with Crippen molar-refractivity contribution in [2.75, 3.05) is 0 Å². The van der Waals surface area contributed by atoms with Gasteiger partial charge in [0.1, 0.15) is 16.7 Å². The van der Waals surface area contributed by atoms with E-state index in [0.29, 0.717) is 5.56 Å². The second kappa shape index (κ2) is 7.73. The lowest BCUT2D eigenvalue weighted by Gasteiger charge is -2.26. The molecule has 0 aromatic heterocycles. The molecule has 5 nitrogen and oxygen atoms in total. The first-order chi connectivity index (χ1) is 12.0. The van der Waals surface area contributed by atoms with Crippen molar-refractivity contribution in [2.45, 2.75) is 44.5 Å². The van der Waals surface area contributed by atoms with E-state index in [-0.39, 0.29) is 16.4 Å². The van der Waals surface area contributed by atoms with Gasteiger partial charge >= 0.3 is 10.1 Å². The van der Waals surface area contributed by atoms with Gasteiger partial charge in [0.25, 0.3) is 0 Å². The molecular weight excluding hydrogens is 368 g/mol. The molecule has 2 rings (SSSR count). The van der Waals surface area contributed by atoms with Crippen LogP contribution in [0.4, 0.5) is 0 Å². The van der Waals surface area contributed by atoms with Gasteiger partial charge in [-0.3, -0.25) is 4.79 Å². The van der Waals surface area contributed by atoms with E-state index in [9.17, 15) is 13.2 Å². The van der Waals surface area contributed by atoms with E-state index in [2.05, 4.69) is 0 Å². The Bertz CT molecular complexity index is 883. The third kappa shape index (κ3) is 5.27. The van der Waals surface area contributed by atoms with Crippen LogP contribution in [-0.4, -0.2) is 22.5 Å². The minimum atomic E-state index is -4.01. The summed E-state index contributed by atoms with van der Waals surface area (Å²) in [5.41, 5.74) is 1.36. The average molecular weight is 393 g/mol. The van der Waals surface area contributed by atoms with Gasteiger partial charge in [0.05, 0.1) is 0 Å². The highest BCUT2D eigenvalue weighted by Crippen LogP contribution is 2.32. The molecule has 2 aromatic rings. The third-order valence-electron chi connectivity index (χ3n) is 3.55. The number of hydrogen-bond acceptors (Lipinski definition) is 5. The number of hydrogen-bond donors (Lipinski definition) is 0. The van der Waals surface area contributed by atoms with Crippen molar-refractivity contribution in [3.8, 4) is 5.75 Å². The summed E-state index contributed by atoms with van der Waals surface area (Å²) in [6.45, 7) is 9.20. The summed E-state index contributed by atoms with van der Waals surface area (Å²) < 4.78 is 36.5. The number of ketones is 1. The van der Waals surface area contributed by atoms with Gasteiger partial charge in [-0.1, -0.05) is 35.9 Å². The second-order valence-electron chi connectivity index (χ2n) is 7.11. The quantitative estimate of drug-likeness (QED) is 0.520. The van der Waals surface area contributed by atoms with E-state index in [1.165, 1.54) is 25.1 Å². The van der Waals surface area contributed by atoms with Gasteiger partial charge in [0.2, 0.25) is 0 Å². The summed E-state index contributed by atoms with van der Waals surface area (Å²) in [6.07, 6.45) is -0.855. The maximum atomic E-state index is 12.6. The summed E-state index contributed by atoms with van der Waals surface area (Å²) in [4.78, 5) is 12.2. The molecule has 0 aliphatic carbocycles. The topological polar surface area (TPSA) is 69.7 Å². The van der Waals surface area contributed by atoms with Crippen molar-refractivity contribution in [1.29, 1.82) is 0 Å². The lowest BCUT2D eigenvalue weighted by molar-refractivity contribution is -0.124. The molecule has 0 heterocycles. The Morgan fingerprint density at radius 2 is 1.58 bits per heavy atom. The molecule has 140 valence electrons. The Labute approximate surface area is 156 Å². The molecule has 2 aromatic carbocycles. The average Bonchev–Trinajstić information content (AvgIpc) is 2.52. The predicted octanol–water partition coefficient (Wildman–Crippen LogP) is 4.24. The molecule has 0 fully saturated rings. The maximum Gasteiger partial charge on any atom is 0.339 e. The van der Waals surface area contributed by atoms with E-state index in [0.717, 1.165) is 5.56 Å². The monoisotopic (exact) mass is 392 g/mol. The smallest absolute Gasteiger partial charge is 0.339 e. The van der Waals surface area contributed by atoms with Gasteiger partial charge in [0, 0.05) is 5.56 Å². The molecule has 0 radical (unpaired) electrons. The molecule has 0 bridgehead atoms. The first kappa shape index (κ1) is 20.4. The summed E-state index contributed by atoms with van der Waals surface area (Å²) in [7, 11) is -6.05. The van der Waals surface area contributed by atoms with Crippen LogP contribution >= 0.6 is 0 Å². The first-order valence-electron chi connectivity index (χ1n) is 8.28. The molecule has 0 saturated heterocycles. The van der Waals surface area contributed by atoms with E-state index < -0.39 is 24.5 Å². The van der Waals surface area contributed by atoms with Crippen LogP contribution in [0.5, 0.6) is 5.75 Å². The van der Waals surface area contributed by atoms with Crippen LogP contribution < -0.4 is 4.18 Å². The molecule has 0 aliphatic heterocycles. The number of carbonyl (C=O) groups excluding carboxylic acids is 1. The van der Waals surface area contributed by atoms with Crippen LogP contribution in [0.1, 0.15) is 24.2 Å². The number of aryl methyl sites for hydroxylation is 1. The van der Waals surface area contributed by atoms with Gasteiger partial charge < -0.3 is 8.61 Å². The van der Waals surface area contributed by atoms with Crippen molar-refractivity contribution in [1.82, 2.24) is 0 Å². The predicted molar refractivity (Wildman–Crippen MR) is 103 cm³/mol. The molecule has 7 heteroatoms. The zero-order valence-corrected chi connectivity index (χ0v) is 17.5. The SMILES string of the molecule is CC(=O)C(O[Si](C)(C)C)c1ccccc1OS(=O)(=O)c1ccc(C)cc1. The lowest BCUT2D eigenvalue weighted by Crippen LogP contribution is -2.31. The molecule has 0 spiro atoms.